The first-order valence-electron chi connectivity index (χ1n) is 5.77. The predicted molar refractivity (Wildman–Crippen MR) is 60.9 cm³/mol. The Morgan fingerprint density at radius 1 is 1.22 bits per heavy atom. The van der Waals surface area contributed by atoms with Crippen molar-refractivity contribution in [1.82, 2.24) is 9.44 Å². The highest BCUT2D eigenvalue weighted by Crippen LogP contribution is 2.24. The number of halogens is 3. The number of alkyl halides is 3. The van der Waals surface area contributed by atoms with E-state index in [9.17, 15) is 21.6 Å². The smallest absolute Gasteiger partial charge is 0.330 e. The maximum absolute atomic E-state index is 11.9. The highest BCUT2D eigenvalue weighted by molar-refractivity contribution is 7.87. The molecule has 5 nitrogen and oxygen atoms in total. The van der Waals surface area contributed by atoms with Crippen molar-refractivity contribution in [3.63, 3.8) is 0 Å². The summed E-state index contributed by atoms with van der Waals surface area (Å²) < 4.78 is 62.4. The fourth-order valence-corrected chi connectivity index (χ4v) is 3.21. The minimum absolute atomic E-state index is 0.0128. The molecule has 2 unspecified atom stereocenters. The Balaban J connectivity index is 2.53. The largest absolute Gasteiger partial charge is 0.402 e. The van der Waals surface area contributed by atoms with E-state index < -0.39 is 22.9 Å². The second kappa shape index (κ2) is 6.18. The van der Waals surface area contributed by atoms with Crippen LogP contribution in [0.1, 0.15) is 25.7 Å². The van der Waals surface area contributed by atoms with Crippen molar-refractivity contribution in [2.75, 3.05) is 13.1 Å². The molecule has 1 fully saturated rings. The van der Waals surface area contributed by atoms with Crippen LogP contribution < -0.4 is 15.2 Å². The van der Waals surface area contributed by atoms with Crippen molar-refractivity contribution in [3.05, 3.63) is 0 Å². The summed E-state index contributed by atoms with van der Waals surface area (Å²) in [5.74, 6) is -0.0128. The third-order valence-electron chi connectivity index (χ3n) is 2.98. The molecule has 0 amide bonds. The van der Waals surface area contributed by atoms with Crippen molar-refractivity contribution in [3.8, 4) is 0 Å². The number of nitrogens with one attached hydrogen (secondary N) is 2. The minimum atomic E-state index is -4.56. The SMILES string of the molecule is NCC1CCCCC1NS(=O)(=O)NCC(F)(F)F. The molecule has 108 valence electrons. The van der Waals surface area contributed by atoms with Gasteiger partial charge in [0.1, 0.15) is 6.54 Å². The fourth-order valence-electron chi connectivity index (χ4n) is 2.06. The number of rotatable bonds is 5. The number of hydrogen-bond acceptors (Lipinski definition) is 3. The maximum Gasteiger partial charge on any atom is 0.402 e. The Morgan fingerprint density at radius 3 is 2.39 bits per heavy atom. The van der Waals surface area contributed by atoms with Crippen LogP contribution >= 0.6 is 0 Å². The zero-order valence-corrected chi connectivity index (χ0v) is 10.6. The van der Waals surface area contributed by atoms with Gasteiger partial charge in [-0.2, -0.15) is 31.0 Å². The van der Waals surface area contributed by atoms with Crippen molar-refractivity contribution < 1.29 is 21.6 Å². The van der Waals surface area contributed by atoms with Crippen LogP contribution in [0, 0.1) is 5.92 Å². The lowest BCUT2D eigenvalue weighted by Gasteiger charge is -2.31. The van der Waals surface area contributed by atoms with Gasteiger partial charge < -0.3 is 5.73 Å². The van der Waals surface area contributed by atoms with Gasteiger partial charge in [-0.1, -0.05) is 12.8 Å². The van der Waals surface area contributed by atoms with E-state index in [1.807, 2.05) is 0 Å². The molecule has 0 aromatic heterocycles. The van der Waals surface area contributed by atoms with Crippen LogP contribution in [0.2, 0.25) is 0 Å². The summed E-state index contributed by atoms with van der Waals surface area (Å²) in [6, 6.07) is -0.380. The Morgan fingerprint density at radius 2 is 1.83 bits per heavy atom. The van der Waals surface area contributed by atoms with Gasteiger partial charge in [-0.25, -0.2) is 0 Å². The summed E-state index contributed by atoms with van der Waals surface area (Å²) in [6.07, 6.45) is -1.34. The molecule has 0 aromatic carbocycles. The van der Waals surface area contributed by atoms with Crippen molar-refractivity contribution in [2.24, 2.45) is 11.7 Å². The molecular weight excluding hydrogens is 271 g/mol. The van der Waals surface area contributed by atoms with E-state index >= 15 is 0 Å². The third kappa shape index (κ3) is 5.51. The highest BCUT2D eigenvalue weighted by Gasteiger charge is 2.32. The van der Waals surface area contributed by atoms with Crippen molar-refractivity contribution in [2.45, 2.75) is 37.9 Å². The van der Waals surface area contributed by atoms with Crippen molar-refractivity contribution in [1.29, 1.82) is 0 Å². The Kier molecular flexibility index (Phi) is 5.38. The summed E-state index contributed by atoms with van der Waals surface area (Å²) in [6.45, 7) is -1.24. The third-order valence-corrected chi connectivity index (χ3v) is 4.12. The molecule has 0 saturated heterocycles. The van der Waals surface area contributed by atoms with Gasteiger partial charge in [0, 0.05) is 6.04 Å². The standard InChI is InChI=1S/C9H18F3N3O2S/c10-9(11,12)6-14-18(16,17)15-8-4-2-1-3-7(8)5-13/h7-8,14-15H,1-6,13H2. The average molecular weight is 289 g/mol. The van der Waals surface area contributed by atoms with Crippen LogP contribution in [0.4, 0.5) is 13.2 Å². The van der Waals surface area contributed by atoms with E-state index in [2.05, 4.69) is 4.72 Å². The zero-order valence-electron chi connectivity index (χ0n) is 9.83. The molecule has 18 heavy (non-hydrogen) atoms. The predicted octanol–water partition coefficient (Wildman–Crippen LogP) is 0.490. The molecule has 1 aliphatic carbocycles. The molecule has 0 bridgehead atoms. The summed E-state index contributed by atoms with van der Waals surface area (Å²) in [5, 5.41) is 0. The van der Waals surface area contributed by atoms with Gasteiger partial charge in [0.05, 0.1) is 0 Å². The average Bonchev–Trinajstić information content (AvgIpc) is 2.26. The molecule has 0 spiro atoms. The summed E-state index contributed by atoms with van der Waals surface area (Å²) in [7, 11) is -4.13. The fraction of sp³-hybridized carbons (Fsp3) is 1.00. The van der Waals surface area contributed by atoms with E-state index in [0.29, 0.717) is 13.0 Å². The van der Waals surface area contributed by atoms with Gasteiger partial charge in [0.25, 0.3) is 10.2 Å². The number of nitrogens with two attached hydrogens (primary N) is 1. The Labute approximate surface area is 104 Å². The lowest BCUT2D eigenvalue weighted by molar-refractivity contribution is -0.121. The molecule has 1 aliphatic rings. The number of hydrogen-bond donors (Lipinski definition) is 3. The minimum Gasteiger partial charge on any atom is -0.330 e. The maximum atomic E-state index is 11.9. The Hall–Kier alpha value is -0.380. The van der Waals surface area contributed by atoms with Gasteiger partial charge in [-0.05, 0) is 25.3 Å². The molecule has 2 atom stereocenters. The normalized spacial score (nSPS) is 26.2. The molecule has 0 aliphatic heterocycles. The first kappa shape index (κ1) is 15.7. The van der Waals surface area contributed by atoms with E-state index in [0.717, 1.165) is 19.3 Å². The highest BCUT2D eigenvalue weighted by atomic mass is 32.2. The van der Waals surface area contributed by atoms with Crippen molar-refractivity contribution >= 4 is 10.2 Å². The second-order valence-electron chi connectivity index (χ2n) is 4.44. The summed E-state index contributed by atoms with van der Waals surface area (Å²) >= 11 is 0. The van der Waals surface area contributed by atoms with Gasteiger partial charge in [-0.15, -0.1) is 0 Å². The Bertz CT molecular complexity index is 359. The molecule has 9 heteroatoms. The topological polar surface area (TPSA) is 84.2 Å². The lowest BCUT2D eigenvalue weighted by Crippen LogP contribution is -2.50. The van der Waals surface area contributed by atoms with Gasteiger partial charge in [-0.3, -0.25) is 0 Å². The van der Waals surface area contributed by atoms with Gasteiger partial charge >= 0.3 is 6.18 Å². The first-order chi connectivity index (χ1) is 8.23. The van der Waals surface area contributed by atoms with Crippen LogP contribution in [0.5, 0.6) is 0 Å². The quantitative estimate of drug-likeness (QED) is 0.688. The van der Waals surface area contributed by atoms with Gasteiger partial charge in [0.2, 0.25) is 0 Å². The second-order valence-corrected chi connectivity index (χ2v) is 5.98. The molecule has 4 N–H and O–H groups in total. The molecule has 1 saturated carbocycles. The molecule has 0 radical (unpaired) electrons. The van der Waals surface area contributed by atoms with Crippen LogP contribution in [0.15, 0.2) is 0 Å². The molecule has 0 heterocycles. The van der Waals surface area contributed by atoms with E-state index in [-0.39, 0.29) is 12.0 Å². The molecule has 0 aromatic rings. The first-order valence-corrected chi connectivity index (χ1v) is 7.25. The van der Waals surface area contributed by atoms with Crippen LogP contribution in [-0.2, 0) is 10.2 Å². The monoisotopic (exact) mass is 289 g/mol. The summed E-state index contributed by atoms with van der Waals surface area (Å²) in [4.78, 5) is 0. The van der Waals surface area contributed by atoms with E-state index in [1.165, 1.54) is 4.72 Å². The zero-order chi connectivity index (χ0) is 13.8. The van der Waals surface area contributed by atoms with Crippen LogP contribution in [0.3, 0.4) is 0 Å². The van der Waals surface area contributed by atoms with Crippen LogP contribution in [-0.4, -0.2) is 33.7 Å². The van der Waals surface area contributed by atoms with E-state index in [4.69, 9.17) is 5.73 Å². The van der Waals surface area contributed by atoms with Gasteiger partial charge in [0.15, 0.2) is 0 Å². The van der Waals surface area contributed by atoms with Crippen LogP contribution in [0.25, 0.3) is 0 Å². The van der Waals surface area contributed by atoms with E-state index in [1.54, 1.807) is 0 Å². The molecule has 1 rings (SSSR count). The molecular formula is C9H18F3N3O2S. The lowest BCUT2D eigenvalue weighted by atomic mass is 9.85. The summed E-state index contributed by atoms with van der Waals surface area (Å²) in [5.41, 5.74) is 5.52.